The SMILES string of the molecule is Cc1nc(C2CCC(N3C[C@H](C(=O)NO)OC[C@@H]3Cc3ccc(Cl)cc3)CC2)sc1C.Cl. The summed E-state index contributed by atoms with van der Waals surface area (Å²) >= 11 is 7.87. The Morgan fingerprint density at radius 3 is 2.53 bits per heavy atom. The normalized spacial score (nSPS) is 26.4. The van der Waals surface area contributed by atoms with Gasteiger partial charge < -0.3 is 4.74 Å². The number of thiazole rings is 1. The number of amides is 1. The number of ether oxygens (including phenoxy) is 1. The molecule has 176 valence electrons. The maximum absolute atomic E-state index is 12.0. The van der Waals surface area contributed by atoms with Crippen LogP contribution in [0.5, 0.6) is 0 Å². The van der Waals surface area contributed by atoms with Crippen LogP contribution in [0.3, 0.4) is 0 Å². The van der Waals surface area contributed by atoms with Gasteiger partial charge in [0, 0.05) is 34.4 Å². The number of aryl methyl sites for hydroxylation is 2. The van der Waals surface area contributed by atoms with Gasteiger partial charge in [-0.15, -0.1) is 23.7 Å². The minimum absolute atomic E-state index is 0. The lowest BCUT2D eigenvalue weighted by atomic mass is 9.84. The fraction of sp³-hybridized carbons (Fsp3) is 0.565. The molecule has 0 spiro atoms. The second-order valence-electron chi connectivity index (χ2n) is 8.68. The number of hydrogen-bond acceptors (Lipinski definition) is 6. The predicted molar refractivity (Wildman–Crippen MR) is 129 cm³/mol. The van der Waals surface area contributed by atoms with Gasteiger partial charge in [-0.2, -0.15) is 0 Å². The second kappa shape index (κ2) is 11.3. The molecule has 0 bridgehead atoms. The molecule has 4 rings (SSSR count). The standard InChI is InChI=1S/C23H30ClN3O3S.ClH/c1-14-15(2)31-23(25-14)17-5-9-19(10-6-17)27-12-21(22(28)26-29)30-13-20(27)11-16-3-7-18(24)8-4-16;/h3-4,7-8,17,19-21,29H,5-6,9-13H2,1-2H3,(H,26,28);1H/t17?,19?,20-,21+;/m0./s1. The van der Waals surface area contributed by atoms with Crippen LogP contribution in [0.15, 0.2) is 24.3 Å². The summed E-state index contributed by atoms with van der Waals surface area (Å²) in [5.41, 5.74) is 4.11. The number of nitrogens with zero attached hydrogens (tertiary/aromatic N) is 2. The molecule has 1 saturated carbocycles. The van der Waals surface area contributed by atoms with Gasteiger partial charge >= 0.3 is 0 Å². The van der Waals surface area contributed by atoms with E-state index in [4.69, 9.17) is 26.5 Å². The van der Waals surface area contributed by atoms with Crippen molar-refractivity contribution in [2.45, 2.75) is 70.1 Å². The molecule has 6 nitrogen and oxygen atoms in total. The van der Waals surface area contributed by atoms with E-state index in [1.165, 1.54) is 15.4 Å². The lowest BCUT2D eigenvalue weighted by Crippen LogP contribution is -2.58. The summed E-state index contributed by atoms with van der Waals surface area (Å²) in [4.78, 5) is 20.6. The van der Waals surface area contributed by atoms with Crippen LogP contribution in [0.2, 0.25) is 5.02 Å². The van der Waals surface area contributed by atoms with E-state index in [0.29, 0.717) is 25.1 Å². The third kappa shape index (κ3) is 5.82. The van der Waals surface area contributed by atoms with Crippen LogP contribution in [-0.2, 0) is 16.0 Å². The molecule has 2 heterocycles. The van der Waals surface area contributed by atoms with Gasteiger partial charge in [-0.25, -0.2) is 10.5 Å². The average molecular weight is 500 g/mol. The highest BCUT2D eigenvalue weighted by molar-refractivity contribution is 7.11. The Hall–Kier alpha value is -1.22. The first kappa shape index (κ1) is 25.4. The summed E-state index contributed by atoms with van der Waals surface area (Å²) in [5, 5.41) is 11.1. The molecule has 32 heavy (non-hydrogen) atoms. The molecule has 0 unspecified atom stereocenters. The van der Waals surface area contributed by atoms with Crippen LogP contribution >= 0.6 is 35.3 Å². The number of benzene rings is 1. The van der Waals surface area contributed by atoms with Crippen molar-refractivity contribution in [3.8, 4) is 0 Å². The van der Waals surface area contributed by atoms with Crippen molar-refractivity contribution in [3.63, 3.8) is 0 Å². The summed E-state index contributed by atoms with van der Waals surface area (Å²) in [6.45, 7) is 5.19. The largest absolute Gasteiger partial charge is 0.365 e. The molecule has 9 heteroatoms. The minimum Gasteiger partial charge on any atom is -0.365 e. The number of nitrogens with one attached hydrogen (secondary N) is 1. The van der Waals surface area contributed by atoms with E-state index >= 15 is 0 Å². The predicted octanol–water partition coefficient (Wildman–Crippen LogP) is 4.68. The summed E-state index contributed by atoms with van der Waals surface area (Å²) < 4.78 is 5.82. The van der Waals surface area contributed by atoms with Crippen molar-refractivity contribution in [2.24, 2.45) is 0 Å². The topological polar surface area (TPSA) is 74.7 Å². The third-order valence-electron chi connectivity index (χ3n) is 6.68. The highest BCUT2D eigenvalue weighted by atomic mass is 35.5. The lowest BCUT2D eigenvalue weighted by Gasteiger charge is -2.45. The quantitative estimate of drug-likeness (QED) is 0.461. The lowest BCUT2D eigenvalue weighted by molar-refractivity contribution is -0.153. The Morgan fingerprint density at radius 2 is 1.94 bits per heavy atom. The maximum atomic E-state index is 12.0. The van der Waals surface area contributed by atoms with Crippen LogP contribution in [0.4, 0.5) is 0 Å². The number of morpholine rings is 1. The molecule has 1 amide bonds. The molecular formula is C23H31Cl2N3O3S. The van der Waals surface area contributed by atoms with Crippen LogP contribution < -0.4 is 5.48 Å². The van der Waals surface area contributed by atoms with Gasteiger partial charge in [0.25, 0.3) is 5.91 Å². The van der Waals surface area contributed by atoms with Crippen LogP contribution in [-0.4, -0.2) is 52.3 Å². The first-order valence-electron chi connectivity index (χ1n) is 10.9. The van der Waals surface area contributed by atoms with E-state index in [9.17, 15) is 4.79 Å². The molecule has 1 aliphatic heterocycles. The Morgan fingerprint density at radius 1 is 1.25 bits per heavy atom. The number of hydrogen-bond donors (Lipinski definition) is 2. The monoisotopic (exact) mass is 499 g/mol. The number of carbonyl (C=O) groups excluding carboxylic acids is 1. The highest BCUT2D eigenvalue weighted by Crippen LogP contribution is 2.38. The molecular weight excluding hydrogens is 469 g/mol. The van der Waals surface area contributed by atoms with Crippen molar-refractivity contribution < 1.29 is 14.7 Å². The minimum atomic E-state index is -0.645. The zero-order chi connectivity index (χ0) is 22.0. The molecule has 2 fully saturated rings. The van der Waals surface area contributed by atoms with Gasteiger partial charge in [-0.3, -0.25) is 14.9 Å². The summed E-state index contributed by atoms with van der Waals surface area (Å²) in [6.07, 6.45) is 4.57. The van der Waals surface area contributed by atoms with E-state index in [-0.39, 0.29) is 18.4 Å². The van der Waals surface area contributed by atoms with Gasteiger partial charge in [-0.1, -0.05) is 23.7 Å². The maximum Gasteiger partial charge on any atom is 0.273 e. The van der Waals surface area contributed by atoms with Crippen molar-refractivity contribution in [1.29, 1.82) is 0 Å². The Kier molecular flexibility index (Phi) is 8.95. The van der Waals surface area contributed by atoms with Gasteiger partial charge in [0.05, 0.1) is 17.3 Å². The second-order valence-corrected chi connectivity index (χ2v) is 10.3. The zero-order valence-electron chi connectivity index (χ0n) is 18.4. The first-order valence-corrected chi connectivity index (χ1v) is 12.1. The van der Waals surface area contributed by atoms with Crippen molar-refractivity contribution >= 4 is 41.3 Å². The average Bonchev–Trinajstić information content (AvgIpc) is 3.13. The van der Waals surface area contributed by atoms with Crippen LogP contribution in [0, 0.1) is 13.8 Å². The van der Waals surface area contributed by atoms with E-state index in [0.717, 1.165) is 42.8 Å². The molecule has 1 saturated heterocycles. The van der Waals surface area contributed by atoms with Crippen molar-refractivity contribution in [1.82, 2.24) is 15.4 Å². The summed E-state index contributed by atoms with van der Waals surface area (Å²) in [6, 6.07) is 8.52. The van der Waals surface area contributed by atoms with Gasteiger partial charge in [0.15, 0.2) is 6.10 Å². The van der Waals surface area contributed by atoms with Crippen molar-refractivity contribution in [2.75, 3.05) is 13.2 Å². The number of halogens is 2. The van der Waals surface area contributed by atoms with Gasteiger partial charge in [0.2, 0.25) is 0 Å². The third-order valence-corrected chi connectivity index (χ3v) is 8.17. The van der Waals surface area contributed by atoms with Gasteiger partial charge in [0.1, 0.15) is 0 Å². The fourth-order valence-corrected chi connectivity index (χ4v) is 6.01. The highest BCUT2D eigenvalue weighted by Gasteiger charge is 2.38. The number of rotatable bonds is 5. The molecule has 0 radical (unpaired) electrons. The molecule has 2 aliphatic rings. The van der Waals surface area contributed by atoms with E-state index in [2.05, 4.69) is 30.9 Å². The zero-order valence-corrected chi connectivity index (χ0v) is 20.8. The van der Waals surface area contributed by atoms with Crippen molar-refractivity contribution in [3.05, 3.63) is 50.4 Å². The Balaban J connectivity index is 0.00000289. The van der Waals surface area contributed by atoms with E-state index in [1.54, 1.807) is 5.48 Å². The van der Waals surface area contributed by atoms with E-state index < -0.39 is 12.0 Å². The number of aromatic nitrogens is 1. The first-order chi connectivity index (χ1) is 14.9. The molecule has 2 N–H and O–H groups in total. The summed E-state index contributed by atoms with van der Waals surface area (Å²) in [5.74, 6) is 0.0540. The molecule has 1 aliphatic carbocycles. The Labute approximate surface area is 204 Å². The molecule has 1 aromatic carbocycles. The number of hydroxylamine groups is 1. The van der Waals surface area contributed by atoms with Crippen LogP contribution in [0.25, 0.3) is 0 Å². The Bertz CT molecular complexity index is 881. The summed E-state index contributed by atoms with van der Waals surface area (Å²) in [7, 11) is 0. The van der Waals surface area contributed by atoms with Crippen LogP contribution in [0.1, 0.15) is 52.7 Å². The smallest absolute Gasteiger partial charge is 0.273 e. The molecule has 2 atom stereocenters. The molecule has 1 aromatic heterocycles. The molecule has 2 aromatic rings. The fourth-order valence-electron chi connectivity index (χ4n) is 4.79. The van der Waals surface area contributed by atoms with E-state index in [1.807, 2.05) is 23.5 Å². The number of carbonyl (C=O) groups is 1. The van der Waals surface area contributed by atoms with Gasteiger partial charge in [-0.05, 0) is 63.6 Å².